The lowest BCUT2D eigenvalue weighted by atomic mass is 10.1. The number of hydrogen-bond acceptors (Lipinski definition) is 13. The lowest BCUT2D eigenvalue weighted by Crippen LogP contribution is -2.39. The fourth-order valence-electron chi connectivity index (χ4n) is 4.46. The third-order valence-electron chi connectivity index (χ3n) is 6.48. The summed E-state index contributed by atoms with van der Waals surface area (Å²) in [6, 6.07) is 13.1. The molecule has 1 aliphatic heterocycles. The standard InChI is InChI=1S/C25H25F3N6O4S.2CH4O3S/c1-16-29-23(24-30-22(32-38-24)18-6-8-20(9-7-18)37-25(26,27)28)31-34(16)15-17-4-3-5-19(14-17)33-12-10-21(11-13-33)39(2,35)36;2*1-5(2,3)4/h3-9,14,21H,10-13,15H2,1-2H3;2*1H3,(H,2,3,4). The van der Waals surface area contributed by atoms with Gasteiger partial charge < -0.3 is 14.2 Å². The van der Waals surface area contributed by atoms with Crippen LogP contribution in [0.5, 0.6) is 5.75 Å². The molecule has 0 spiro atoms. The topological polar surface area (TPSA) is 225 Å². The lowest BCUT2D eigenvalue weighted by Gasteiger charge is -2.33. The van der Waals surface area contributed by atoms with Crippen LogP contribution in [0.1, 0.15) is 24.2 Å². The van der Waals surface area contributed by atoms with E-state index in [1.54, 1.807) is 11.6 Å². The second-order valence-electron chi connectivity index (χ2n) is 10.8. The molecule has 0 saturated carbocycles. The Kier molecular flexibility index (Phi) is 12.5. The van der Waals surface area contributed by atoms with E-state index in [1.807, 2.05) is 18.2 Å². The number of alkyl halides is 3. The van der Waals surface area contributed by atoms with Gasteiger partial charge in [-0.2, -0.15) is 21.8 Å². The van der Waals surface area contributed by atoms with Gasteiger partial charge in [-0.1, -0.05) is 17.3 Å². The minimum absolute atomic E-state index is 0.0740. The molecule has 22 heteroatoms. The molecule has 5 rings (SSSR count). The van der Waals surface area contributed by atoms with E-state index in [9.17, 15) is 38.4 Å². The molecule has 49 heavy (non-hydrogen) atoms. The van der Waals surface area contributed by atoms with Crippen molar-refractivity contribution in [3.63, 3.8) is 0 Å². The molecule has 1 saturated heterocycles. The van der Waals surface area contributed by atoms with Gasteiger partial charge in [0.25, 0.3) is 26.1 Å². The normalized spacial score (nSPS) is 14.3. The Balaban J connectivity index is 0.000000571. The maximum Gasteiger partial charge on any atom is 0.573 e. The molecule has 0 aliphatic carbocycles. The zero-order valence-electron chi connectivity index (χ0n) is 26.4. The smallest absolute Gasteiger partial charge is 0.406 e. The summed E-state index contributed by atoms with van der Waals surface area (Å²) in [5.41, 5.74) is 2.45. The number of ether oxygens (including phenoxy) is 1. The monoisotopic (exact) mass is 754 g/mol. The molecule has 1 fully saturated rings. The zero-order valence-corrected chi connectivity index (χ0v) is 28.9. The minimum atomic E-state index is -4.78. The second-order valence-corrected chi connectivity index (χ2v) is 16.0. The lowest BCUT2D eigenvalue weighted by molar-refractivity contribution is -0.274. The van der Waals surface area contributed by atoms with Crippen LogP contribution in [0.15, 0.2) is 53.1 Å². The van der Waals surface area contributed by atoms with Gasteiger partial charge in [0.05, 0.1) is 24.3 Å². The number of hydrogen-bond donors (Lipinski definition) is 2. The fraction of sp³-hybridized carbons (Fsp3) is 0.407. The van der Waals surface area contributed by atoms with E-state index in [1.165, 1.54) is 18.4 Å². The number of sulfone groups is 1. The Hall–Kier alpha value is -4.12. The van der Waals surface area contributed by atoms with Crippen LogP contribution in [-0.4, -0.2) is 103 Å². The predicted octanol–water partition coefficient (Wildman–Crippen LogP) is 3.27. The Labute approximate surface area is 280 Å². The van der Waals surface area contributed by atoms with E-state index >= 15 is 0 Å². The Morgan fingerprint density at radius 1 is 0.898 bits per heavy atom. The van der Waals surface area contributed by atoms with Crippen LogP contribution in [0.4, 0.5) is 18.9 Å². The minimum Gasteiger partial charge on any atom is -0.406 e. The van der Waals surface area contributed by atoms with Crippen LogP contribution in [0.3, 0.4) is 0 Å². The number of piperidine rings is 1. The molecule has 0 unspecified atom stereocenters. The first-order valence-electron chi connectivity index (χ1n) is 13.9. The fourth-order valence-corrected chi connectivity index (χ4v) is 5.53. The highest BCUT2D eigenvalue weighted by molar-refractivity contribution is 7.91. The average molecular weight is 755 g/mol. The van der Waals surface area contributed by atoms with Crippen molar-refractivity contribution in [1.29, 1.82) is 0 Å². The molecule has 2 N–H and O–H groups in total. The van der Waals surface area contributed by atoms with Crippen molar-refractivity contribution in [3.05, 3.63) is 59.9 Å². The Morgan fingerprint density at radius 3 is 2.00 bits per heavy atom. The molecular weight excluding hydrogens is 722 g/mol. The van der Waals surface area contributed by atoms with Crippen LogP contribution >= 0.6 is 0 Å². The molecule has 0 amide bonds. The van der Waals surface area contributed by atoms with E-state index in [0.29, 0.717) is 56.4 Å². The van der Waals surface area contributed by atoms with Gasteiger partial charge in [-0.15, -0.1) is 18.3 Å². The van der Waals surface area contributed by atoms with Crippen LogP contribution in [0.25, 0.3) is 23.1 Å². The summed E-state index contributed by atoms with van der Waals surface area (Å²) in [5, 5.41) is 8.10. The van der Waals surface area contributed by atoms with Gasteiger partial charge >= 0.3 is 6.36 Å². The SMILES string of the molecule is CS(=O)(=O)O.CS(=O)(=O)O.Cc1nc(-c2nc(-c3ccc(OC(F)(F)F)cc3)no2)nn1Cc1cccc(N2CCC(S(C)(=O)=O)CC2)c1. The first-order chi connectivity index (χ1) is 22.4. The molecule has 0 radical (unpaired) electrons. The van der Waals surface area contributed by atoms with Gasteiger partial charge in [0.15, 0.2) is 0 Å². The van der Waals surface area contributed by atoms with Crippen LogP contribution in [0, 0.1) is 6.92 Å². The number of aromatic nitrogens is 5. The van der Waals surface area contributed by atoms with E-state index < -0.39 is 36.4 Å². The molecular formula is C27H33F3N6O10S3. The molecule has 2 aromatic carbocycles. The summed E-state index contributed by atoms with van der Waals surface area (Å²) in [6.07, 6.45) is -0.841. The predicted molar refractivity (Wildman–Crippen MR) is 171 cm³/mol. The molecule has 4 aromatic rings. The third kappa shape index (κ3) is 14.1. The molecule has 0 atom stereocenters. The van der Waals surface area contributed by atoms with Crippen LogP contribution in [0.2, 0.25) is 0 Å². The highest BCUT2D eigenvalue weighted by Crippen LogP contribution is 2.27. The van der Waals surface area contributed by atoms with Crippen molar-refractivity contribution in [2.75, 3.05) is 36.8 Å². The molecule has 3 heterocycles. The van der Waals surface area contributed by atoms with Crippen molar-refractivity contribution in [3.8, 4) is 28.9 Å². The number of anilines is 1. The van der Waals surface area contributed by atoms with E-state index in [-0.39, 0.29) is 28.5 Å². The summed E-state index contributed by atoms with van der Waals surface area (Å²) in [5.74, 6) is 0.739. The van der Waals surface area contributed by atoms with Gasteiger partial charge in [-0.05, 0) is 61.7 Å². The first kappa shape index (κ1) is 39.3. The van der Waals surface area contributed by atoms with E-state index in [4.69, 9.17) is 13.6 Å². The summed E-state index contributed by atoms with van der Waals surface area (Å²) >= 11 is 0. The molecule has 1 aliphatic rings. The summed E-state index contributed by atoms with van der Waals surface area (Å²) in [7, 11) is -10.4. The van der Waals surface area contributed by atoms with Gasteiger partial charge in [0.1, 0.15) is 21.4 Å². The third-order valence-corrected chi connectivity index (χ3v) is 8.16. The number of halogens is 3. The average Bonchev–Trinajstić information content (AvgIpc) is 3.58. The quantitative estimate of drug-likeness (QED) is 0.258. The molecule has 16 nitrogen and oxygen atoms in total. The first-order valence-corrected chi connectivity index (χ1v) is 19.6. The Morgan fingerprint density at radius 2 is 1.47 bits per heavy atom. The molecule has 0 bridgehead atoms. The van der Waals surface area contributed by atoms with E-state index in [2.05, 4.69) is 35.9 Å². The highest BCUT2D eigenvalue weighted by atomic mass is 32.2. The van der Waals surface area contributed by atoms with Gasteiger partial charge in [0.2, 0.25) is 11.6 Å². The molecule has 2 aromatic heterocycles. The summed E-state index contributed by atoms with van der Waals surface area (Å²) in [6.45, 7) is 3.58. The van der Waals surface area contributed by atoms with E-state index in [0.717, 1.165) is 23.4 Å². The maximum atomic E-state index is 12.4. The highest BCUT2D eigenvalue weighted by Gasteiger charge is 2.31. The van der Waals surface area contributed by atoms with Crippen molar-refractivity contribution in [2.24, 2.45) is 0 Å². The van der Waals surface area contributed by atoms with Crippen LogP contribution in [-0.2, 0) is 36.6 Å². The number of aryl methyl sites for hydroxylation is 1. The largest absolute Gasteiger partial charge is 0.573 e. The van der Waals surface area contributed by atoms with Gasteiger partial charge in [0, 0.05) is 30.6 Å². The van der Waals surface area contributed by atoms with Gasteiger partial charge in [-0.25, -0.2) is 18.1 Å². The summed E-state index contributed by atoms with van der Waals surface area (Å²) in [4.78, 5) is 10.9. The van der Waals surface area contributed by atoms with Crippen molar-refractivity contribution in [2.45, 2.75) is 37.9 Å². The maximum absolute atomic E-state index is 12.4. The number of benzene rings is 2. The second kappa shape index (κ2) is 15.6. The zero-order chi connectivity index (χ0) is 36.8. The van der Waals surface area contributed by atoms with Crippen molar-refractivity contribution >= 4 is 35.8 Å². The number of nitrogens with zero attached hydrogens (tertiary/aromatic N) is 6. The van der Waals surface area contributed by atoms with Crippen molar-refractivity contribution in [1.82, 2.24) is 24.9 Å². The number of rotatable bonds is 7. The summed E-state index contributed by atoms with van der Waals surface area (Å²) < 4.78 is 124. The Bertz CT molecular complexity index is 2000. The molecule has 270 valence electrons. The van der Waals surface area contributed by atoms with Crippen molar-refractivity contribution < 1.29 is 56.8 Å². The van der Waals surface area contributed by atoms with Crippen LogP contribution < -0.4 is 9.64 Å². The van der Waals surface area contributed by atoms with Gasteiger partial charge in [-0.3, -0.25) is 9.11 Å².